The molecule has 3 amide bonds. The molecule has 0 radical (unpaired) electrons. The third-order valence-corrected chi connectivity index (χ3v) is 6.35. The predicted molar refractivity (Wildman–Crippen MR) is 117 cm³/mol. The van der Waals surface area contributed by atoms with E-state index in [1.807, 2.05) is 49.4 Å². The highest BCUT2D eigenvalue weighted by atomic mass is 35.5. The molecule has 2 aromatic rings. The van der Waals surface area contributed by atoms with Crippen LogP contribution in [0.3, 0.4) is 0 Å². The van der Waals surface area contributed by atoms with Crippen molar-refractivity contribution < 1.29 is 9.59 Å². The Hall–Kier alpha value is -2.41. The number of carbonyl (C=O) groups is 2. The second-order valence-corrected chi connectivity index (χ2v) is 8.39. The van der Waals surface area contributed by atoms with Gasteiger partial charge in [-0.15, -0.1) is 0 Å². The number of nitrogens with one attached hydrogen (secondary N) is 1. The highest BCUT2D eigenvalue weighted by Crippen LogP contribution is 2.32. The second-order valence-electron chi connectivity index (χ2n) is 7.95. The molecule has 2 heterocycles. The van der Waals surface area contributed by atoms with Crippen LogP contribution in [0.1, 0.15) is 24.5 Å². The minimum atomic E-state index is -0.964. The van der Waals surface area contributed by atoms with Gasteiger partial charge in [0.2, 0.25) is 0 Å². The third kappa shape index (κ3) is 4.08. The van der Waals surface area contributed by atoms with Crippen LogP contribution < -0.4 is 5.32 Å². The van der Waals surface area contributed by atoms with Crippen molar-refractivity contribution >= 4 is 23.5 Å². The van der Waals surface area contributed by atoms with Gasteiger partial charge >= 0.3 is 6.03 Å². The summed E-state index contributed by atoms with van der Waals surface area (Å²) in [6, 6.07) is 17.1. The van der Waals surface area contributed by atoms with Crippen LogP contribution in [0.25, 0.3) is 0 Å². The Labute approximate surface area is 182 Å². The van der Waals surface area contributed by atoms with E-state index in [9.17, 15) is 9.59 Å². The van der Waals surface area contributed by atoms with Gasteiger partial charge in [0.1, 0.15) is 5.54 Å². The number of hydrogen-bond acceptors (Lipinski definition) is 4. The summed E-state index contributed by atoms with van der Waals surface area (Å²) >= 11 is 5.96. The van der Waals surface area contributed by atoms with Gasteiger partial charge in [-0.3, -0.25) is 14.6 Å². The first kappa shape index (κ1) is 20.8. The molecule has 0 aromatic heterocycles. The molecule has 2 aliphatic heterocycles. The molecule has 2 fully saturated rings. The van der Waals surface area contributed by atoms with Crippen molar-refractivity contribution in [2.45, 2.75) is 25.4 Å². The summed E-state index contributed by atoms with van der Waals surface area (Å²) < 4.78 is 0. The van der Waals surface area contributed by atoms with Crippen molar-refractivity contribution in [3.05, 3.63) is 70.7 Å². The molecule has 2 saturated heterocycles. The SMILES string of the molecule is CC[C@@]1(c2ccccc2)NC(=O)N(CN2CCN(Cc3ccc(Cl)cc3)CC2)C1=O. The summed E-state index contributed by atoms with van der Waals surface area (Å²) in [5, 5.41) is 3.70. The molecule has 6 nitrogen and oxygen atoms in total. The number of benzene rings is 2. The number of halogens is 1. The second kappa shape index (κ2) is 8.76. The van der Waals surface area contributed by atoms with Gasteiger partial charge < -0.3 is 5.32 Å². The van der Waals surface area contributed by atoms with Crippen LogP contribution >= 0.6 is 11.6 Å². The van der Waals surface area contributed by atoms with Crippen molar-refractivity contribution in [1.29, 1.82) is 0 Å². The molecule has 1 N–H and O–H groups in total. The van der Waals surface area contributed by atoms with Crippen LogP contribution in [-0.2, 0) is 16.9 Å². The minimum Gasteiger partial charge on any atom is -0.319 e. The molecule has 0 saturated carbocycles. The number of nitrogens with zero attached hydrogens (tertiary/aromatic N) is 3. The Morgan fingerprint density at radius 2 is 1.57 bits per heavy atom. The molecule has 0 unspecified atom stereocenters. The quantitative estimate of drug-likeness (QED) is 0.720. The predicted octanol–water partition coefficient (Wildman–Crippen LogP) is 3.27. The Morgan fingerprint density at radius 3 is 2.20 bits per heavy atom. The van der Waals surface area contributed by atoms with Gasteiger partial charge in [0.05, 0.1) is 6.67 Å². The highest BCUT2D eigenvalue weighted by Gasteiger charge is 2.51. The van der Waals surface area contributed by atoms with Crippen molar-refractivity contribution in [2.24, 2.45) is 0 Å². The Kier molecular flexibility index (Phi) is 6.09. The average Bonchev–Trinajstić information content (AvgIpc) is 3.02. The maximum absolute atomic E-state index is 13.3. The average molecular weight is 427 g/mol. The van der Waals surface area contributed by atoms with Gasteiger partial charge in [0.15, 0.2) is 0 Å². The maximum atomic E-state index is 13.3. The van der Waals surface area contributed by atoms with Gasteiger partial charge in [-0.25, -0.2) is 9.69 Å². The fourth-order valence-electron chi connectivity index (χ4n) is 4.25. The molecule has 2 aliphatic rings. The largest absolute Gasteiger partial charge is 0.326 e. The topological polar surface area (TPSA) is 55.9 Å². The molecule has 0 spiro atoms. The molecule has 158 valence electrons. The first-order chi connectivity index (χ1) is 14.5. The number of carbonyl (C=O) groups excluding carboxylic acids is 2. The highest BCUT2D eigenvalue weighted by molar-refractivity contribution is 6.30. The lowest BCUT2D eigenvalue weighted by Gasteiger charge is -2.36. The van der Waals surface area contributed by atoms with Crippen LogP contribution in [0.5, 0.6) is 0 Å². The smallest absolute Gasteiger partial charge is 0.319 e. The molecule has 0 aliphatic carbocycles. The third-order valence-electron chi connectivity index (χ3n) is 6.10. The molecule has 30 heavy (non-hydrogen) atoms. The van der Waals surface area contributed by atoms with Gasteiger partial charge in [-0.1, -0.05) is 61.0 Å². The van der Waals surface area contributed by atoms with Crippen LogP contribution in [0.2, 0.25) is 5.02 Å². The monoisotopic (exact) mass is 426 g/mol. The standard InChI is InChI=1S/C23H27ClN4O2/c1-2-23(19-6-4-3-5-7-19)21(29)28(22(30)25-23)17-27-14-12-26(13-15-27)16-18-8-10-20(24)11-9-18/h3-11H,2,12-17H2,1H3,(H,25,30)/t23-/m0/s1. The Balaban J connectivity index is 1.36. The van der Waals surface area contributed by atoms with E-state index in [2.05, 4.69) is 27.2 Å². The lowest BCUT2D eigenvalue weighted by molar-refractivity contribution is -0.133. The van der Waals surface area contributed by atoms with Crippen LogP contribution in [-0.4, -0.2) is 59.5 Å². The van der Waals surface area contributed by atoms with Crippen LogP contribution in [0, 0.1) is 0 Å². The van der Waals surface area contributed by atoms with E-state index >= 15 is 0 Å². The number of hydrogen-bond donors (Lipinski definition) is 1. The van der Waals surface area contributed by atoms with Crippen LogP contribution in [0.15, 0.2) is 54.6 Å². The lowest BCUT2D eigenvalue weighted by Crippen LogP contribution is -2.51. The molecule has 7 heteroatoms. The Bertz CT molecular complexity index is 897. The van der Waals surface area contributed by atoms with E-state index in [1.54, 1.807) is 0 Å². The van der Waals surface area contributed by atoms with Crippen LogP contribution in [0.4, 0.5) is 4.79 Å². The van der Waals surface area contributed by atoms with E-state index in [1.165, 1.54) is 10.5 Å². The van der Waals surface area contributed by atoms with Crippen molar-refractivity contribution in [3.8, 4) is 0 Å². The zero-order valence-corrected chi connectivity index (χ0v) is 17.9. The fourth-order valence-corrected chi connectivity index (χ4v) is 4.38. The molecule has 1 atom stereocenters. The van der Waals surface area contributed by atoms with Gasteiger partial charge in [-0.05, 0) is 29.7 Å². The summed E-state index contributed by atoms with van der Waals surface area (Å²) in [5.74, 6) is -0.162. The number of piperazine rings is 1. The molecule has 2 aromatic carbocycles. The van der Waals surface area contributed by atoms with E-state index in [0.717, 1.165) is 43.3 Å². The summed E-state index contributed by atoms with van der Waals surface area (Å²) in [6.07, 6.45) is 0.521. The van der Waals surface area contributed by atoms with E-state index in [4.69, 9.17) is 11.6 Å². The zero-order valence-electron chi connectivity index (χ0n) is 17.2. The number of amides is 3. The van der Waals surface area contributed by atoms with Crippen molar-refractivity contribution in [1.82, 2.24) is 20.0 Å². The van der Waals surface area contributed by atoms with Gasteiger partial charge in [-0.2, -0.15) is 0 Å². The fraction of sp³-hybridized carbons (Fsp3) is 0.391. The van der Waals surface area contributed by atoms with Gasteiger partial charge in [0.25, 0.3) is 5.91 Å². The van der Waals surface area contributed by atoms with E-state index in [-0.39, 0.29) is 11.9 Å². The van der Waals surface area contributed by atoms with Gasteiger partial charge in [0, 0.05) is 37.7 Å². The normalized spacial score (nSPS) is 23.1. The number of urea groups is 1. The summed E-state index contributed by atoms with van der Waals surface area (Å²) in [6.45, 7) is 6.55. The molecular weight excluding hydrogens is 400 g/mol. The summed E-state index contributed by atoms with van der Waals surface area (Å²) in [5.41, 5.74) is 1.10. The van der Waals surface area contributed by atoms with E-state index in [0.29, 0.717) is 13.1 Å². The first-order valence-electron chi connectivity index (χ1n) is 10.4. The minimum absolute atomic E-state index is 0.162. The summed E-state index contributed by atoms with van der Waals surface area (Å²) in [4.78, 5) is 31.9. The summed E-state index contributed by atoms with van der Waals surface area (Å²) in [7, 11) is 0. The molecule has 4 rings (SSSR count). The van der Waals surface area contributed by atoms with Crippen molar-refractivity contribution in [2.75, 3.05) is 32.8 Å². The zero-order chi connectivity index (χ0) is 21.1. The first-order valence-corrected chi connectivity index (χ1v) is 10.8. The van der Waals surface area contributed by atoms with Crippen molar-refractivity contribution in [3.63, 3.8) is 0 Å². The maximum Gasteiger partial charge on any atom is 0.326 e. The van der Waals surface area contributed by atoms with E-state index < -0.39 is 5.54 Å². The lowest BCUT2D eigenvalue weighted by atomic mass is 9.87. The Morgan fingerprint density at radius 1 is 0.933 bits per heavy atom. The number of rotatable bonds is 6. The molecular formula is C23H27ClN4O2. The molecule has 0 bridgehead atoms. The number of imide groups is 1.